The molecule has 3 aromatic rings. The van der Waals surface area contributed by atoms with E-state index >= 15 is 0 Å². The smallest absolute Gasteiger partial charge is 0.0418 e. The number of rotatable bonds is 5. The van der Waals surface area contributed by atoms with Crippen LogP contribution in [0.4, 0.5) is 5.69 Å². The van der Waals surface area contributed by atoms with Crippen molar-refractivity contribution in [3.63, 3.8) is 0 Å². The summed E-state index contributed by atoms with van der Waals surface area (Å²) >= 11 is 0. The zero-order valence-electron chi connectivity index (χ0n) is 13.3. The average molecular weight is 303 g/mol. The molecule has 0 fully saturated rings. The van der Waals surface area contributed by atoms with E-state index in [2.05, 4.69) is 28.5 Å². The number of nitrogen functional groups attached to an aromatic ring is 1. The zero-order valence-corrected chi connectivity index (χ0v) is 13.3. The van der Waals surface area contributed by atoms with Gasteiger partial charge in [-0.25, -0.2) is 0 Å². The molecule has 0 bridgehead atoms. The predicted octanol–water partition coefficient (Wildman–Crippen LogP) is 3.93. The summed E-state index contributed by atoms with van der Waals surface area (Å²) in [5.41, 5.74) is 12.5. The van der Waals surface area contributed by atoms with E-state index < -0.39 is 0 Å². The SMILES string of the molecule is Cc1ncc(-c2ccccc2)cc1CNCc1ccccc1N. The van der Waals surface area contributed by atoms with Crippen molar-refractivity contribution in [2.24, 2.45) is 0 Å². The van der Waals surface area contributed by atoms with Crippen molar-refractivity contribution in [3.05, 3.63) is 83.7 Å². The maximum Gasteiger partial charge on any atom is 0.0418 e. The second-order valence-electron chi connectivity index (χ2n) is 5.64. The van der Waals surface area contributed by atoms with Gasteiger partial charge in [0, 0.05) is 36.2 Å². The monoisotopic (exact) mass is 303 g/mol. The molecule has 3 nitrogen and oxygen atoms in total. The molecule has 0 saturated heterocycles. The van der Waals surface area contributed by atoms with Crippen molar-refractivity contribution in [1.29, 1.82) is 0 Å². The van der Waals surface area contributed by atoms with Crippen LogP contribution in [0.1, 0.15) is 16.8 Å². The van der Waals surface area contributed by atoms with Crippen LogP contribution >= 0.6 is 0 Å². The number of aryl methyl sites for hydroxylation is 1. The fraction of sp³-hybridized carbons (Fsp3) is 0.150. The van der Waals surface area contributed by atoms with Crippen LogP contribution in [0.3, 0.4) is 0 Å². The molecular formula is C20H21N3. The average Bonchev–Trinajstić information content (AvgIpc) is 2.59. The first kappa shape index (κ1) is 15.3. The molecule has 2 aromatic carbocycles. The van der Waals surface area contributed by atoms with Crippen molar-refractivity contribution in [1.82, 2.24) is 10.3 Å². The number of nitrogens with two attached hydrogens (primary N) is 1. The Balaban J connectivity index is 1.72. The summed E-state index contributed by atoms with van der Waals surface area (Å²) in [6.45, 7) is 3.57. The molecule has 0 unspecified atom stereocenters. The quantitative estimate of drug-likeness (QED) is 0.702. The lowest BCUT2D eigenvalue weighted by atomic mass is 10.0. The molecule has 0 aliphatic carbocycles. The molecular weight excluding hydrogens is 282 g/mol. The lowest BCUT2D eigenvalue weighted by molar-refractivity contribution is 0.689. The maximum atomic E-state index is 5.98. The van der Waals surface area contributed by atoms with Crippen LogP contribution in [-0.4, -0.2) is 4.98 Å². The molecule has 0 saturated carbocycles. The fourth-order valence-electron chi connectivity index (χ4n) is 2.57. The first-order valence-electron chi connectivity index (χ1n) is 7.79. The van der Waals surface area contributed by atoms with E-state index in [0.717, 1.165) is 35.6 Å². The Labute approximate surface area is 137 Å². The summed E-state index contributed by atoms with van der Waals surface area (Å²) < 4.78 is 0. The minimum Gasteiger partial charge on any atom is -0.398 e. The van der Waals surface area contributed by atoms with Crippen LogP contribution in [0.15, 0.2) is 66.9 Å². The summed E-state index contributed by atoms with van der Waals surface area (Å²) in [5, 5.41) is 3.46. The molecule has 0 aliphatic rings. The van der Waals surface area contributed by atoms with Crippen LogP contribution in [0, 0.1) is 6.92 Å². The Hall–Kier alpha value is -2.65. The van der Waals surface area contributed by atoms with Gasteiger partial charge in [0.15, 0.2) is 0 Å². The van der Waals surface area contributed by atoms with Gasteiger partial charge >= 0.3 is 0 Å². The standard InChI is InChI=1S/C20H21N3/c1-15-18(13-22-12-17-9-5-6-10-20(17)21)11-19(14-23-15)16-7-3-2-4-8-16/h2-11,14,22H,12-13,21H2,1H3. The van der Waals surface area contributed by atoms with Gasteiger partial charge in [0.05, 0.1) is 0 Å². The molecule has 23 heavy (non-hydrogen) atoms. The van der Waals surface area contributed by atoms with Gasteiger partial charge in [-0.15, -0.1) is 0 Å². The highest BCUT2D eigenvalue weighted by Gasteiger charge is 2.04. The maximum absolute atomic E-state index is 5.98. The van der Waals surface area contributed by atoms with Crippen molar-refractivity contribution >= 4 is 5.69 Å². The number of benzene rings is 2. The molecule has 3 rings (SSSR count). The largest absolute Gasteiger partial charge is 0.398 e. The first-order chi connectivity index (χ1) is 11.2. The van der Waals surface area contributed by atoms with Crippen molar-refractivity contribution in [2.75, 3.05) is 5.73 Å². The second-order valence-corrected chi connectivity index (χ2v) is 5.64. The lowest BCUT2D eigenvalue weighted by Gasteiger charge is -2.11. The van der Waals surface area contributed by atoms with Gasteiger partial charge in [0.1, 0.15) is 0 Å². The summed E-state index contributed by atoms with van der Waals surface area (Å²) in [7, 11) is 0. The molecule has 0 amide bonds. The summed E-state index contributed by atoms with van der Waals surface area (Å²) in [6, 6.07) is 20.5. The Morgan fingerprint density at radius 3 is 2.35 bits per heavy atom. The van der Waals surface area contributed by atoms with Crippen LogP contribution in [0.25, 0.3) is 11.1 Å². The van der Waals surface area contributed by atoms with Crippen LogP contribution in [-0.2, 0) is 13.1 Å². The first-order valence-corrected chi connectivity index (χ1v) is 7.79. The number of hydrogen-bond donors (Lipinski definition) is 2. The molecule has 0 atom stereocenters. The molecule has 0 spiro atoms. The van der Waals surface area contributed by atoms with E-state index in [4.69, 9.17) is 5.73 Å². The molecule has 3 heteroatoms. The molecule has 0 radical (unpaired) electrons. The summed E-state index contributed by atoms with van der Waals surface area (Å²) in [6.07, 6.45) is 1.93. The van der Waals surface area contributed by atoms with Gasteiger partial charge in [-0.05, 0) is 35.7 Å². The third-order valence-corrected chi connectivity index (χ3v) is 3.98. The number of nitrogens with one attached hydrogen (secondary N) is 1. The second kappa shape index (κ2) is 7.07. The van der Waals surface area contributed by atoms with E-state index in [1.54, 1.807) is 0 Å². The minimum atomic E-state index is 0.752. The molecule has 0 aliphatic heterocycles. The number of pyridine rings is 1. The Bertz CT molecular complexity index is 782. The van der Waals surface area contributed by atoms with E-state index in [0.29, 0.717) is 0 Å². The zero-order chi connectivity index (χ0) is 16.1. The molecule has 1 heterocycles. The van der Waals surface area contributed by atoms with E-state index in [-0.39, 0.29) is 0 Å². The van der Waals surface area contributed by atoms with E-state index in [1.807, 2.05) is 55.6 Å². The molecule has 1 aromatic heterocycles. The molecule has 3 N–H and O–H groups in total. The van der Waals surface area contributed by atoms with Crippen LogP contribution in [0.5, 0.6) is 0 Å². The number of hydrogen-bond acceptors (Lipinski definition) is 3. The van der Waals surface area contributed by atoms with Crippen molar-refractivity contribution in [3.8, 4) is 11.1 Å². The Morgan fingerprint density at radius 2 is 1.57 bits per heavy atom. The highest BCUT2D eigenvalue weighted by molar-refractivity contribution is 5.63. The van der Waals surface area contributed by atoms with Crippen molar-refractivity contribution in [2.45, 2.75) is 20.0 Å². The van der Waals surface area contributed by atoms with Crippen molar-refractivity contribution < 1.29 is 0 Å². The number of para-hydroxylation sites is 1. The van der Waals surface area contributed by atoms with Gasteiger partial charge in [0.2, 0.25) is 0 Å². The van der Waals surface area contributed by atoms with E-state index in [1.165, 1.54) is 11.1 Å². The highest BCUT2D eigenvalue weighted by Crippen LogP contribution is 2.20. The normalized spacial score (nSPS) is 10.7. The van der Waals surface area contributed by atoms with Gasteiger partial charge in [-0.1, -0.05) is 48.5 Å². The Kier molecular flexibility index (Phi) is 4.69. The summed E-state index contributed by atoms with van der Waals surface area (Å²) in [5.74, 6) is 0. The highest BCUT2D eigenvalue weighted by atomic mass is 14.9. The minimum absolute atomic E-state index is 0.752. The number of aromatic nitrogens is 1. The van der Waals surface area contributed by atoms with Gasteiger partial charge in [-0.2, -0.15) is 0 Å². The van der Waals surface area contributed by atoms with Gasteiger partial charge in [0.25, 0.3) is 0 Å². The fourth-order valence-corrected chi connectivity index (χ4v) is 2.57. The Morgan fingerprint density at radius 1 is 0.870 bits per heavy atom. The summed E-state index contributed by atoms with van der Waals surface area (Å²) in [4.78, 5) is 4.53. The number of anilines is 1. The lowest BCUT2D eigenvalue weighted by Crippen LogP contribution is -2.15. The van der Waals surface area contributed by atoms with Gasteiger partial charge < -0.3 is 11.1 Å². The topological polar surface area (TPSA) is 50.9 Å². The van der Waals surface area contributed by atoms with Crippen LogP contribution in [0.2, 0.25) is 0 Å². The van der Waals surface area contributed by atoms with E-state index in [9.17, 15) is 0 Å². The third-order valence-electron chi connectivity index (χ3n) is 3.98. The molecule has 116 valence electrons. The van der Waals surface area contributed by atoms with Crippen LogP contribution < -0.4 is 11.1 Å². The predicted molar refractivity (Wildman–Crippen MR) is 95.8 cm³/mol. The van der Waals surface area contributed by atoms with Gasteiger partial charge in [-0.3, -0.25) is 4.98 Å². The third kappa shape index (κ3) is 3.76. The number of nitrogens with zero attached hydrogens (tertiary/aromatic N) is 1.